The molecule has 1 unspecified atom stereocenters. The number of nitrogens with one attached hydrogen (secondary N) is 1. The third-order valence-electron chi connectivity index (χ3n) is 2.09. The number of primary amides is 1. The highest BCUT2D eigenvalue weighted by Gasteiger charge is 2.11. The molecule has 5 N–H and O–H groups in total. The molecule has 98 valence electrons. The predicted molar refractivity (Wildman–Crippen MR) is 67.2 cm³/mol. The Hall–Kier alpha value is -1.79. The zero-order valence-corrected chi connectivity index (χ0v) is 10.3. The molecule has 0 fully saturated rings. The number of imide groups is 1. The summed E-state index contributed by atoms with van der Waals surface area (Å²) in [5, 5.41) is 2.38. The molecule has 0 aliphatic carbocycles. The van der Waals surface area contributed by atoms with Crippen LogP contribution in [-0.2, 0) is 11.2 Å². The van der Waals surface area contributed by atoms with Gasteiger partial charge in [0.1, 0.15) is 6.61 Å². The van der Waals surface area contributed by atoms with E-state index in [9.17, 15) is 9.59 Å². The third kappa shape index (κ3) is 5.03. The van der Waals surface area contributed by atoms with Gasteiger partial charge >= 0.3 is 12.1 Å². The molecule has 7 heteroatoms. The Morgan fingerprint density at radius 3 is 2.67 bits per heavy atom. The van der Waals surface area contributed by atoms with Gasteiger partial charge in [-0.25, -0.2) is 14.9 Å². The Balaban J connectivity index is 2.38. The number of amides is 3. The number of hydrogen-bond donors (Lipinski definition) is 3. The minimum absolute atomic E-state index is 0.0374. The molecule has 0 aromatic heterocycles. The van der Waals surface area contributed by atoms with Crippen LogP contribution in [-0.4, -0.2) is 24.8 Å². The van der Waals surface area contributed by atoms with E-state index in [2.05, 4.69) is 0 Å². The van der Waals surface area contributed by atoms with Gasteiger partial charge in [-0.1, -0.05) is 29.8 Å². The average molecular weight is 272 g/mol. The van der Waals surface area contributed by atoms with Crippen molar-refractivity contribution in [2.75, 3.05) is 6.61 Å². The normalized spacial score (nSPS) is 11.7. The molecule has 6 nitrogen and oxygen atoms in total. The summed E-state index contributed by atoms with van der Waals surface area (Å²) in [6, 6.07) is 5.86. The third-order valence-corrected chi connectivity index (χ3v) is 2.46. The number of ether oxygens (including phenoxy) is 1. The number of benzene rings is 1. The van der Waals surface area contributed by atoms with Crippen molar-refractivity contribution in [2.24, 2.45) is 11.5 Å². The van der Waals surface area contributed by atoms with Crippen molar-refractivity contribution in [3.05, 3.63) is 34.9 Å². The Morgan fingerprint density at radius 2 is 2.06 bits per heavy atom. The molecular formula is C11H14ClN3O3. The Morgan fingerprint density at radius 1 is 1.39 bits per heavy atom. The Bertz CT molecular complexity index is 439. The van der Waals surface area contributed by atoms with Gasteiger partial charge in [0.15, 0.2) is 0 Å². The van der Waals surface area contributed by atoms with Gasteiger partial charge in [-0.15, -0.1) is 0 Å². The summed E-state index contributed by atoms with van der Waals surface area (Å²) in [5.41, 5.74) is 11.4. The quantitative estimate of drug-likeness (QED) is 0.759. The second-order valence-electron chi connectivity index (χ2n) is 3.64. The monoisotopic (exact) mass is 271 g/mol. The minimum atomic E-state index is -0.973. The first kappa shape index (κ1) is 14.3. The van der Waals surface area contributed by atoms with Gasteiger partial charge in [-0.3, -0.25) is 0 Å². The number of hydrogen-bond acceptors (Lipinski definition) is 4. The van der Waals surface area contributed by atoms with Crippen LogP contribution in [0.4, 0.5) is 9.59 Å². The number of carbonyl (C=O) groups excluding carboxylic acids is 2. The molecule has 0 radical (unpaired) electrons. The average Bonchev–Trinajstić information content (AvgIpc) is 2.29. The van der Waals surface area contributed by atoms with Gasteiger partial charge in [0, 0.05) is 11.1 Å². The van der Waals surface area contributed by atoms with Gasteiger partial charge in [0.2, 0.25) is 0 Å². The molecule has 1 atom stereocenters. The van der Waals surface area contributed by atoms with Gasteiger partial charge in [0.25, 0.3) is 0 Å². The summed E-state index contributed by atoms with van der Waals surface area (Å²) in [6.45, 7) is -0.0374. The first-order valence-corrected chi connectivity index (χ1v) is 5.59. The number of halogens is 1. The SMILES string of the molecule is NC(=O)NC(=O)OCC(N)Cc1ccccc1Cl. The molecule has 0 aliphatic rings. The van der Waals surface area contributed by atoms with E-state index in [1.54, 1.807) is 11.4 Å². The van der Waals surface area contributed by atoms with Crippen LogP contribution in [0.1, 0.15) is 5.56 Å². The van der Waals surface area contributed by atoms with Crippen LogP contribution in [0.5, 0.6) is 0 Å². The van der Waals surface area contributed by atoms with Gasteiger partial charge in [-0.2, -0.15) is 0 Å². The summed E-state index contributed by atoms with van der Waals surface area (Å²) in [5.74, 6) is 0. The lowest BCUT2D eigenvalue weighted by molar-refractivity contribution is 0.140. The zero-order chi connectivity index (χ0) is 13.5. The highest BCUT2D eigenvalue weighted by molar-refractivity contribution is 6.31. The van der Waals surface area contributed by atoms with Crippen molar-refractivity contribution >= 4 is 23.7 Å². The number of alkyl carbamates (subject to hydrolysis) is 1. The fourth-order valence-electron chi connectivity index (χ4n) is 1.32. The second kappa shape index (κ2) is 6.83. The van der Waals surface area contributed by atoms with E-state index in [1.807, 2.05) is 18.2 Å². The van der Waals surface area contributed by atoms with E-state index in [0.29, 0.717) is 11.4 Å². The summed E-state index contributed by atoms with van der Waals surface area (Å²) in [4.78, 5) is 21.3. The highest BCUT2D eigenvalue weighted by Crippen LogP contribution is 2.16. The Kier molecular flexibility index (Phi) is 5.41. The maximum Gasteiger partial charge on any atom is 0.415 e. The van der Waals surface area contributed by atoms with Crippen molar-refractivity contribution in [3.63, 3.8) is 0 Å². The maximum absolute atomic E-state index is 11.0. The molecule has 1 aromatic carbocycles. The predicted octanol–water partition coefficient (Wildman–Crippen LogP) is 1.01. The molecule has 1 rings (SSSR count). The van der Waals surface area contributed by atoms with E-state index in [0.717, 1.165) is 5.56 Å². The van der Waals surface area contributed by atoms with Crippen molar-refractivity contribution in [1.82, 2.24) is 5.32 Å². The van der Waals surface area contributed by atoms with Crippen molar-refractivity contribution < 1.29 is 14.3 Å². The fraction of sp³-hybridized carbons (Fsp3) is 0.273. The molecule has 0 saturated heterocycles. The summed E-state index contributed by atoms with van der Waals surface area (Å²) in [6.07, 6.45) is -0.458. The molecule has 1 aromatic rings. The van der Waals surface area contributed by atoms with E-state index in [4.69, 9.17) is 27.8 Å². The second-order valence-corrected chi connectivity index (χ2v) is 4.05. The van der Waals surface area contributed by atoms with Crippen LogP contribution in [0.3, 0.4) is 0 Å². The highest BCUT2D eigenvalue weighted by atomic mass is 35.5. The lowest BCUT2D eigenvalue weighted by Crippen LogP contribution is -2.38. The minimum Gasteiger partial charge on any atom is -0.448 e. The van der Waals surface area contributed by atoms with Crippen LogP contribution in [0.2, 0.25) is 5.02 Å². The number of carbonyl (C=O) groups is 2. The van der Waals surface area contributed by atoms with Crippen LogP contribution in [0.15, 0.2) is 24.3 Å². The molecule has 0 heterocycles. The standard InChI is InChI=1S/C11H14ClN3O3/c12-9-4-2-1-3-7(9)5-8(13)6-18-11(17)15-10(14)16/h1-4,8H,5-6,13H2,(H3,14,15,16,17). The summed E-state index contributed by atoms with van der Waals surface area (Å²) in [7, 11) is 0. The summed E-state index contributed by atoms with van der Waals surface area (Å²) < 4.78 is 4.71. The van der Waals surface area contributed by atoms with Gasteiger partial charge < -0.3 is 16.2 Å². The van der Waals surface area contributed by atoms with E-state index in [1.165, 1.54) is 0 Å². The van der Waals surface area contributed by atoms with Gasteiger partial charge in [-0.05, 0) is 18.1 Å². The molecule has 0 aliphatic heterocycles. The topological polar surface area (TPSA) is 107 Å². The smallest absolute Gasteiger partial charge is 0.415 e. The first-order chi connectivity index (χ1) is 8.49. The maximum atomic E-state index is 11.0. The lowest BCUT2D eigenvalue weighted by atomic mass is 10.1. The van der Waals surface area contributed by atoms with E-state index < -0.39 is 18.2 Å². The van der Waals surface area contributed by atoms with Gasteiger partial charge in [0.05, 0.1) is 0 Å². The number of rotatable bonds is 4. The molecule has 18 heavy (non-hydrogen) atoms. The lowest BCUT2D eigenvalue weighted by Gasteiger charge is -2.12. The van der Waals surface area contributed by atoms with Crippen LogP contribution in [0, 0.1) is 0 Å². The largest absolute Gasteiger partial charge is 0.448 e. The van der Waals surface area contributed by atoms with Crippen molar-refractivity contribution in [1.29, 1.82) is 0 Å². The first-order valence-electron chi connectivity index (χ1n) is 5.21. The van der Waals surface area contributed by atoms with Crippen molar-refractivity contribution in [3.8, 4) is 0 Å². The van der Waals surface area contributed by atoms with Crippen molar-refractivity contribution in [2.45, 2.75) is 12.5 Å². The van der Waals surface area contributed by atoms with Crippen LogP contribution >= 0.6 is 11.6 Å². The molecule has 0 spiro atoms. The molecule has 3 amide bonds. The fourth-order valence-corrected chi connectivity index (χ4v) is 1.54. The zero-order valence-electron chi connectivity index (χ0n) is 9.56. The van der Waals surface area contributed by atoms with E-state index >= 15 is 0 Å². The number of nitrogens with two attached hydrogens (primary N) is 2. The molecule has 0 bridgehead atoms. The Labute approximate surface area is 109 Å². The summed E-state index contributed by atoms with van der Waals surface area (Å²) >= 11 is 5.96. The molecular weight excluding hydrogens is 258 g/mol. The van der Waals surface area contributed by atoms with Crippen LogP contribution < -0.4 is 16.8 Å². The van der Waals surface area contributed by atoms with E-state index in [-0.39, 0.29) is 6.61 Å². The molecule has 0 saturated carbocycles. The van der Waals surface area contributed by atoms with Crippen LogP contribution in [0.25, 0.3) is 0 Å². The number of urea groups is 1.